The molecule has 158 valence electrons. The number of ether oxygens (including phenoxy) is 2. The summed E-state index contributed by atoms with van der Waals surface area (Å²) in [6.07, 6.45) is -5.09. The highest BCUT2D eigenvalue weighted by Gasteiger charge is 2.44. The Balaban J connectivity index is 1.89. The van der Waals surface area contributed by atoms with Gasteiger partial charge in [-0.25, -0.2) is 0 Å². The fraction of sp³-hybridized carbons (Fsp3) is 0.478. The van der Waals surface area contributed by atoms with Crippen LogP contribution in [-0.4, -0.2) is 58.1 Å². The predicted octanol–water partition coefficient (Wildman–Crippen LogP) is 1.81. The van der Waals surface area contributed by atoms with E-state index in [1.165, 1.54) is 0 Å². The highest BCUT2D eigenvalue weighted by atomic mass is 16.5. The van der Waals surface area contributed by atoms with Crippen molar-refractivity contribution in [2.45, 2.75) is 57.7 Å². The summed E-state index contributed by atoms with van der Waals surface area (Å²) < 4.78 is 11.2. The molecule has 0 aromatic heterocycles. The molecule has 6 nitrogen and oxygen atoms in total. The van der Waals surface area contributed by atoms with Crippen molar-refractivity contribution in [1.29, 1.82) is 0 Å². The molecule has 0 bridgehead atoms. The summed E-state index contributed by atoms with van der Waals surface area (Å²) in [6, 6.07) is 12.0. The van der Waals surface area contributed by atoms with Gasteiger partial charge in [0.05, 0.1) is 13.2 Å². The zero-order valence-corrected chi connectivity index (χ0v) is 17.1. The minimum Gasteiger partial charge on any atom is -0.494 e. The SMILES string of the molecule is CCOc1ccc(Cc2cc([C@@H]3OC(CO)[C@@H](O)[C@H](O)C3O)c(C)cc2C)cc1. The Hall–Kier alpha value is -1.96. The van der Waals surface area contributed by atoms with Crippen molar-refractivity contribution in [2.75, 3.05) is 13.2 Å². The van der Waals surface area contributed by atoms with Crippen LogP contribution in [0.25, 0.3) is 0 Å². The zero-order valence-electron chi connectivity index (χ0n) is 17.1. The molecule has 3 rings (SSSR count). The lowest BCUT2D eigenvalue weighted by Crippen LogP contribution is -2.55. The lowest BCUT2D eigenvalue weighted by Gasteiger charge is -2.40. The maximum Gasteiger partial charge on any atom is 0.119 e. The normalized spacial score (nSPS) is 27.1. The van der Waals surface area contributed by atoms with Gasteiger partial charge >= 0.3 is 0 Å². The fourth-order valence-electron chi connectivity index (χ4n) is 3.86. The summed E-state index contributed by atoms with van der Waals surface area (Å²) in [7, 11) is 0. The second-order valence-electron chi connectivity index (χ2n) is 7.64. The third-order valence-corrected chi connectivity index (χ3v) is 5.55. The van der Waals surface area contributed by atoms with Crippen LogP contribution < -0.4 is 4.74 Å². The van der Waals surface area contributed by atoms with Gasteiger partial charge in [-0.1, -0.05) is 24.3 Å². The first-order valence-electron chi connectivity index (χ1n) is 9.98. The van der Waals surface area contributed by atoms with Gasteiger partial charge in [-0.3, -0.25) is 0 Å². The highest BCUT2D eigenvalue weighted by molar-refractivity contribution is 5.42. The first-order chi connectivity index (χ1) is 13.8. The van der Waals surface area contributed by atoms with E-state index in [1.807, 2.05) is 57.2 Å². The lowest BCUT2D eigenvalue weighted by atomic mass is 9.86. The van der Waals surface area contributed by atoms with Gasteiger partial charge in [0.1, 0.15) is 36.3 Å². The number of rotatable bonds is 6. The van der Waals surface area contributed by atoms with E-state index >= 15 is 0 Å². The minimum atomic E-state index is -1.39. The topological polar surface area (TPSA) is 99.4 Å². The molecule has 0 spiro atoms. The molecule has 1 saturated heterocycles. The standard InChI is InChI=1S/C23H30O6/c1-4-28-17-7-5-15(6-8-17)10-16-11-18(14(3)9-13(16)2)23-22(27)21(26)20(25)19(12-24)29-23/h5-9,11,19-27H,4,10,12H2,1-3H3/t19?,20-,21+,22?,23+/m1/s1. The predicted molar refractivity (Wildman–Crippen MR) is 109 cm³/mol. The fourth-order valence-corrected chi connectivity index (χ4v) is 3.86. The van der Waals surface area contributed by atoms with Gasteiger partial charge in [0.25, 0.3) is 0 Å². The largest absolute Gasteiger partial charge is 0.494 e. The molecule has 1 heterocycles. The van der Waals surface area contributed by atoms with Crippen LogP contribution in [0.3, 0.4) is 0 Å². The summed E-state index contributed by atoms with van der Waals surface area (Å²) in [4.78, 5) is 0. The number of aryl methyl sites for hydroxylation is 2. The Morgan fingerprint density at radius 1 is 0.931 bits per heavy atom. The van der Waals surface area contributed by atoms with Crippen LogP contribution in [0.4, 0.5) is 0 Å². The van der Waals surface area contributed by atoms with Gasteiger partial charge in [-0.2, -0.15) is 0 Å². The molecule has 1 fully saturated rings. The molecule has 1 aliphatic heterocycles. The smallest absolute Gasteiger partial charge is 0.119 e. The van der Waals surface area contributed by atoms with Crippen molar-refractivity contribution >= 4 is 0 Å². The average molecular weight is 402 g/mol. The van der Waals surface area contributed by atoms with Gasteiger partial charge in [-0.05, 0) is 67.1 Å². The molecule has 4 N–H and O–H groups in total. The van der Waals surface area contributed by atoms with Crippen molar-refractivity contribution < 1.29 is 29.9 Å². The van der Waals surface area contributed by atoms with Crippen LogP contribution in [0.2, 0.25) is 0 Å². The van der Waals surface area contributed by atoms with Gasteiger partial charge in [0.15, 0.2) is 0 Å². The molecule has 6 heteroatoms. The van der Waals surface area contributed by atoms with E-state index in [0.29, 0.717) is 13.0 Å². The molecule has 2 unspecified atom stereocenters. The van der Waals surface area contributed by atoms with Crippen LogP contribution in [-0.2, 0) is 11.2 Å². The number of hydrogen-bond donors (Lipinski definition) is 4. The Morgan fingerprint density at radius 2 is 1.62 bits per heavy atom. The molecule has 0 amide bonds. The maximum atomic E-state index is 10.5. The quantitative estimate of drug-likeness (QED) is 0.588. The van der Waals surface area contributed by atoms with Crippen LogP contribution in [0, 0.1) is 13.8 Å². The van der Waals surface area contributed by atoms with Crippen LogP contribution in [0.5, 0.6) is 5.75 Å². The molecular weight excluding hydrogens is 372 g/mol. The molecule has 0 saturated carbocycles. The number of aliphatic hydroxyl groups is 4. The summed E-state index contributed by atoms with van der Waals surface area (Å²) in [6.45, 7) is 6.09. The zero-order chi connectivity index (χ0) is 21.1. The van der Waals surface area contributed by atoms with Gasteiger partial charge in [0.2, 0.25) is 0 Å². The summed E-state index contributed by atoms with van der Waals surface area (Å²) >= 11 is 0. The first kappa shape index (κ1) is 21.7. The molecule has 0 aliphatic carbocycles. The van der Waals surface area contributed by atoms with E-state index < -0.39 is 37.1 Å². The van der Waals surface area contributed by atoms with Gasteiger partial charge < -0.3 is 29.9 Å². The summed E-state index contributed by atoms with van der Waals surface area (Å²) in [5.74, 6) is 0.832. The van der Waals surface area contributed by atoms with Crippen LogP contribution in [0.15, 0.2) is 36.4 Å². The molecule has 0 radical (unpaired) electrons. The second kappa shape index (κ2) is 9.24. The van der Waals surface area contributed by atoms with Crippen molar-refractivity contribution in [3.05, 3.63) is 64.2 Å². The molecule has 5 atom stereocenters. The van der Waals surface area contributed by atoms with Crippen molar-refractivity contribution in [3.63, 3.8) is 0 Å². The molecule has 2 aromatic rings. The third-order valence-electron chi connectivity index (χ3n) is 5.55. The van der Waals surface area contributed by atoms with E-state index in [0.717, 1.165) is 33.6 Å². The van der Waals surface area contributed by atoms with Gasteiger partial charge in [-0.15, -0.1) is 0 Å². The van der Waals surface area contributed by atoms with Crippen LogP contribution in [0.1, 0.15) is 40.8 Å². The van der Waals surface area contributed by atoms with E-state index in [9.17, 15) is 20.4 Å². The third kappa shape index (κ3) is 4.63. The van der Waals surface area contributed by atoms with E-state index in [1.54, 1.807) is 0 Å². The molecule has 1 aliphatic rings. The van der Waals surface area contributed by atoms with Crippen molar-refractivity contribution in [3.8, 4) is 5.75 Å². The van der Waals surface area contributed by atoms with E-state index in [-0.39, 0.29) is 0 Å². The monoisotopic (exact) mass is 402 g/mol. The van der Waals surface area contributed by atoms with E-state index in [2.05, 4.69) is 0 Å². The highest BCUT2D eigenvalue weighted by Crippen LogP contribution is 2.35. The first-order valence-corrected chi connectivity index (χ1v) is 9.98. The second-order valence-corrected chi connectivity index (χ2v) is 7.64. The Morgan fingerprint density at radius 3 is 2.24 bits per heavy atom. The number of benzene rings is 2. The molecule has 29 heavy (non-hydrogen) atoms. The van der Waals surface area contributed by atoms with Crippen molar-refractivity contribution in [2.24, 2.45) is 0 Å². The molecular formula is C23H30O6. The van der Waals surface area contributed by atoms with E-state index in [4.69, 9.17) is 9.47 Å². The average Bonchev–Trinajstić information content (AvgIpc) is 2.70. The van der Waals surface area contributed by atoms with Crippen LogP contribution >= 0.6 is 0 Å². The maximum absolute atomic E-state index is 10.5. The summed E-state index contributed by atoms with van der Waals surface area (Å²) in [5, 5.41) is 40.2. The Labute approximate surface area is 171 Å². The Bertz CT molecular complexity index is 817. The van der Waals surface area contributed by atoms with Crippen molar-refractivity contribution in [1.82, 2.24) is 0 Å². The number of aliphatic hydroxyl groups excluding tert-OH is 4. The minimum absolute atomic E-state index is 0.439. The van der Waals surface area contributed by atoms with Gasteiger partial charge in [0, 0.05) is 0 Å². The Kier molecular flexibility index (Phi) is 6.93. The lowest BCUT2D eigenvalue weighted by molar-refractivity contribution is -0.231. The molecule has 2 aromatic carbocycles. The summed E-state index contributed by atoms with van der Waals surface area (Å²) in [5.41, 5.74) is 4.98. The number of hydrogen-bond acceptors (Lipinski definition) is 6.